The average molecular weight is 125 g/mol. The van der Waals surface area contributed by atoms with Gasteiger partial charge < -0.3 is 0 Å². The summed E-state index contributed by atoms with van der Waals surface area (Å²) in [5.74, 6) is 0. The van der Waals surface area contributed by atoms with Gasteiger partial charge in [-0.1, -0.05) is 0 Å². The van der Waals surface area contributed by atoms with E-state index < -0.39 is 6.93 Å². The monoisotopic (exact) mass is 124 g/mol. The fraction of sp³-hybridized carbons (Fsp3) is 1.00. The maximum absolute atomic E-state index is 9.62. The van der Waals surface area contributed by atoms with Crippen LogP contribution in [0.25, 0.3) is 0 Å². The van der Waals surface area contributed by atoms with Gasteiger partial charge in [0, 0.05) is 0 Å². The molecule has 0 spiro atoms. The molecule has 0 radical (unpaired) electrons. The highest BCUT2D eigenvalue weighted by atomic mass is 35.5. The van der Waals surface area contributed by atoms with Gasteiger partial charge in [-0.2, -0.15) is 0 Å². The minimum Gasteiger partial charge on any atom is -0.214 e. The molecule has 0 rings (SSSR count). The molecule has 0 aromatic carbocycles. The number of alkyl halides is 2. The Hall–Kier alpha value is 0.440. The van der Waals surface area contributed by atoms with Crippen LogP contribution in [0.1, 0.15) is 0 Å². The van der Waals surface area contributed by atoms with Crippen LogP contribution in [0.4, 0.5) is 8.78 Å². The maximum atomic E-state index is 9.62. The first-order chi connectivity index (χ1) is 1.41. The summed E-state index contributed by atoms with van der Waals surface area (Å²) < 4.78 is 19.2. The lowest BCUT2D eigenvalue weighted by atomic mass is 11.7. The predicted molar refractivity (Wildman–Crippen MR) is 21.6 cm³/mol. The van der Waals surface area contributed by atoms with Crippen LogP contribution < -0.4 is 0 Å². The van der Waals surface area contributed by atoms with Gasteiger partial charge in [-0.05, 0) is 0 Å². The summed E-state index contributed by atoms with van der Waals surface area (Å²) in [5, 5.41) is 0. The van der Waals surface area contributed by atoms with E-state index in [0.717, 1.165) is 0 Å². The molecule has 0 aromatic heterocycles. The van der Waals surface area contributed by atoms with Gasteiger partial charge in [0.2, 0.25) is 6.93 Å². The first kappa shape index (κ1) is 18.0. The van der Waals surface area contributed by atoms with E-state index >= 15 is 0 Å². The van der Waals surface area contributed by atoms with E-state index in [1.165, 1.54) is 0 Å². The van der Waals surface area contributed by atoms with Crippen molar-refractivity contribution < 1.29 is 8.78 Å². The Morgan fingerprint density at radius 1 is 1.00 bits per heavy atom. The summed E-state index contributed by atoms with van der Waals surface area (Å²) in [5.41, 5.74) is 0. The van der Waals surface area contributed by atoms with Crippen molar-refractivity contribution in [1.29, 1.82) is 0 Å². The molecule has 0 N–H and O–H groups in total. The highest BCUT2D eigenvalue weighted by Gasteiger charge is 1.44. The first-order valence-corrected chi connectivity index (χ1v) is 0.535. The summed E-state index contributed by atoms with van der Waals surface area (Å²) >= 11 is 0. The molecule has 0 unspecified atom stereocenters. The summed E-state index contributed by atoms with van der Waals surface area (Å²) in [4.78, 5) is 0. The third kappa shape index (κ3) is 137. The van der Waals surface area contributed by atoms with Crippen LogP contribution in [-0.2, 0) is 0 Å². The second kappa shape index (κ2) is 25.3. The molecule has 0 saturated carbocycles. The lowest BCUT2D eigenvalue weighted by Crippen LogP contribution is -1.34. The quantitative estimate of drug-likeness (QED) is 0.462. The molecule has 0 aliphatic carbocycles. The summed E-state index contributed by atoms with van der Waals surface area (Å²) in [6.07, 6.45) is 0. The van der Waals surface area contributed by atoms with Crippen molar-refractivity contribution in [1.82, 2.24) is 0 Å². The van der Waals surface area contributed by atoms with Gasteiger partial charge in [0.05, 0.1) is 0 Å². The smallest absolute Gasteiger partial charge is 0.214 e. The molecule has 0 nitrogen and oxygen atoms in total. The fourth-order valence-electron chi connectivity index (χ4n) is 0. The van der Waals surface area contributed by atoms with Crippen molar-refractivity contribution in [3.05, 3.63) is 0 Å². The highest BCUT2D eigenvalue weighted by Crippen LogP contribution is 1.56. The van der Waals surface area contributed by atoms with Crippen molar-refractivity contribution in [2.45, 2.75) is 0 Å². The van der Waals surface area contributed by atoms with E-state index in [1.807, 2.05) is 0 Å². The number of hydrogen-bond donors (Lipinski definition) is 0. The first-order valence-electron chi connectivity index (χ1n) is 0.535. The summed E-state index contributed by atoms with van der Waals surface area (Å²) in [7, 11) is 0. The van der Waals surface area contributed by atoms with Crippen LogP contribution in [-0.4, -0.2) is 6.93 Å². The van der Waals surface area contributed by atoms with Gasteiger partial charge in [-0.3, -0.25) is 0 Å². The van der Waals surface area contributed by atoms with Crippen molar-refractivity contribution in [2.24, 2.45) is 0 Å². The molecule has 0 saturated heterocycles. The van der Waals surface area contributed by atoms with Crippen LogP contribution in [0.3, 0.4) is 0 Å². The fourth-order valence-corrected chi connectivity index (χ4v) is 0. The maximum Gasteiger partial charge on any atom is 0.229 e. The van der Waals surface area contributed by atoms with Gasteiger partial charge in [0.1, 0.15) is 0 Å². The molecule has 0 atom stereocenters. The third-order valence-corrected chi connectivity index (χ3v) is 0. The Bertz CT molecular complexity index is 7.61. The lowest BCUT2D eigenvalue weighted by molar-refractivity contribution is 0.295. The van der Waals surface area contributed by atoms with Crippen LogP contribution in [0.15, 0.2) is 0 Å². The second-order valence-corrected chi connectivity index (χ2v) is 0.101. The minimum absolute atomic E-state index is 0. The molecule has 4 heteroatoms. The molecular formula is CH4Cl2F2. The highest BCUT2D eigenvalue weighted by molar-refractivity contribution is 5.85. The molecule has 0 aliphatic heterocycles. The van der Waals surface area contributed by atoms with Crippen LogP contribution in [0.5, 0.6) is 0 Å². The van der Waals surface area contributed by atoms with Gasteiger partial charge in [0.25, 0.3) is 0 Å². The number of halogens is 4. The van der Waals surface area contributed by atoms with Crippen LogP contribution in [0.2, 0.25) is 0 Å². The molecular weight excluding hydrogens is 121 g/mol. The molecule has 0 heterocycles. The lowest BCUT2D eigenvalue weighted by Gasteiger charge is -1.42. The zero-order valence-corrected chi connectivity index (χ0v) is 3.91. The molecule has 36 valence electrons. The zero-order chi connectivity index (χ0) is 2.71. The van der Waals surface area contributed by atoms with E-state index in [-0.39, 0.29) is 24.8 Å². The van der Waals surface area contributed by atoms with Gasteiger partial charge >= 0.3 is 0 Å². The molecule has 5 heavy (non-hydrogen) atoms. The summed E-state index contributed by atoms with van der Waals surface area (Å²) in [6.45, 7) is -1.75. The average Bonchev–Trinajstić information content (AvgIpc) is 0.918. The number of hydrogen-bond acceptors (Lipinski definition) is 0. The summed E-state index contributed by atoms with van der Waals surface area (Å²) in [6, 6.07) is 0. The van der Waals surface area contributed by atoms with E-state index in [1.54, 1.807) is 0 Å². The molecule has 0 bridgehead atoms. The van der Waals surface area contributed by atoms with E-state index in [9.17, 15) is 8.78 Å². The van der Waals surface area contributed by atoms with Crippen LogP contribution in [0, 0.1) is 0 Å². The number of rotatable bonds is 0. The molecule has 0 aromatic rings. The Morgan fingerprint density at radius 3 is 1.00 bits per heavy atom. The molecule has 0 amide bonds. The van der Waals surface area contributed by atoms with Crippen molar-refractivity contribution in [3.8, 4) is 0 Å². The molecule has 0 fully saturated rings. The zero-order valence-electron chi connectivity index (χ0n) is 2.28. The van der Waals surface area contributed by atoms with Crippen LogP contribution >= 0.6 is 24.8 Å². The minimum atomic E-state index is -1.75. The predicted octanol–water partition coefficient (Wildman–Crippen LogP) is 1.73. The van der Waals surface area contributed by atoms with E-state index in [2.05, 4.69) is 0 Å². The van der Waals surface area contributed by atoms with Gasteiger partial charge in [-0.25, -0.2) is 8.78 Å². The van der Waals surface area contributed by atoms with Gasteiger partial charge in [0.15, 0.2) is 0 Å². The Balaban J connectivity index is -0.0000000200. The van der Waals surface area contributed by atoms with Crippen molar-refractivity contribution in [3.63, 3.8) is 0 Å². The standard InChI is InChI=1S/CH2F2.2ClH/c2-1-3;;/h1H2;2*1H. The second-order valence-electron chi connectivity index (χ2n) is 0.101. The van der Waals surface area contributed by atoms with Crippen molar-refractivity contribution >= 4 is 24.8 Å². The normalized spacial score (nSPS) is 3.60. The van der Waals surface area contributed by atoms with E-state index in [4.69, 9.17) is 0 Å². The third-order valence-electron chi connectivity index (χ3n) is 0. The Labute approximate surface area is 41.4 Å². The van der Waals surface area contributed by atoms with Crippen molar-refractivity contribution in [2.75, 3.05) is 6.93 Å². The SMILES string of the molecule is Cl.Cl.FCF. The largest absolute Gasteiger partial charge is 0.229 e. The Morgan fingerprint density at radius 2 is 1.00 bits per heavy atom. The van der Waals surface area contributed by atoms with E-state index in [0.29, 0.717) is 0 Å². The topological polar surface area (TPSA) is 0 Å². The van der Waals surface area contributed by atoms with Gasteiger partial charge in [-0.15, -0.1) is 24.8 Å². The Kier molecular flexibility index (Phi) is 91.3. The molecule has 0 aliphatic rings.